The number of aromatic nitrogens is 1. The minimum Gasteiger partial charge on any atom is -0.494 e. The summed E-state index contributed by atoms with van der Waals surface area (Å²) in [5, 5.41) is 2.98. The SMILES string of the molecule is CCOc1ccc([C@H]2C(C(=O)Nc3ccccc3)=C(C)N=c3s/c(=C\c4cc(Br)c(OCc5ccc(Br)cc5)c(OC)c4)c(=O)n32)cc1. The van der Waals surface area contributed by atoms with Crippen LogP contribution in [0.5, 0.6) is 17.2 Å². The van der Waals surface area contributed by atoms with Gasteiger partial charge in [-0.2, -0.15) is 0 Å². The second-order valence-electron chi connectivity index (χ2n) is 10.9. The average Bonchev–Trinajstić information content (AvgIpc) is 3.38. The van der Waals surface area contributed by atoms with Crippen LogP contribution in [0.2, 0.25) is 0 Å². The van der Waals surface area contributed by atoms with Gasteiger partial charge in [-0.3, -0.25) is 14.2 Å². The lowest BCUT2D eigenvalue weighted by atomic mass is 9.95. The molecule has 5 aromatic rings. The van der Waals surface area contributed by atoms with Crippen LogP contribution in [-0.2, 0) is 11.4 Å². The molecule has 0 saturated heterocycles. The summed E-state index contributed by atoms with van der Waals surface area (Å²) >= 11 is 8.36. The number of nitrogens with one attached hydrogen (secondary N) is 1. The van der Waals surface area contributed by atoms with E-state index in [1.165, 1.54) is 11.3 Å². The summed E-state index contributed by atoms with van der Waals surface area (Å²) in [6.45, 7) is 4.60. The number of carbonyl (C=O) groups excluding carboxylic acids is 1. The second-order valence-corrected chi connectivity index (χ2v) is 13.6. The number of anilines is 1. The van der Waals surface area contributed by atoms with Crippen LogP contribution in [0.15, 0.2) is 121 Å². The molecule has 8 nitrogen and oxygen atoms in total. The maximum absolute atomic E-state index is 14.2. The zero-order valence-corrected chi connectivity index (χ0v) is 30.3. The van der Waals surface area contributed by atoms with Crippen LogP contribution >= 0.6 is 43.2 Å². The van der Waals surface area contributed by atoms with Crippen LogP contribution in [0.4, 0.5) is 5.69 Å². The van der Waals surface area contributed by atoms with Gasteiger partial charge in [-0.05, 0) is 101 Å². The third-order valence-corrected chi connectivity index (χ3v) is 9.75. The molecule has 0 radical (unpaired) electrons. The molecule has 1 N–H and O–H groups in total. The van der Waals surface area contributed by atoms with Crippen LogP contribution in [0.25, 0.3) is 6.08 Å². The maximum Gasteiger partial charge on any atom is 0.271 e. The first kappa shape index (κ1) is 33.5. The number of ether oxygens (including phenoxy) is 3. The van der Waals surface area contributed by atoms with Crippen molar-refractivity contribution in [2.24, 2.45) is 4.99 Å². The van der Waals surface area contributed by atoms with E-state index >= 15 is 0 Å². The number of hydrogen-bond donors (Lipinski definition) is 1. The number of nitrogens with zero attached hydrogens (tertiary/aromatic N) is 2. The molecule has 4 aromatic carbocycles. The van der Waals surface area contributed by atoms with Crippen molar-refractivity contribution < 1.29 is 19.0 Å². The van der Waals surface area contributed by atoms with Gasteiger partial charge in [-0.25, -0.2) is 4.99 Å². The smallest absolute Gasteiger partial charge is 0.271 e. The van der Waals surface area contributed by atoms with Crippen LogP contribution in [0.1, 0.15) is 36.6 Å². The van der Waals surface area contributed by atoms with E-state index < -0.39 is 6.04 Å². The van der Waals surface area contributed by atoms with E-state index in [0.717, 1.165) is 21.2 Å². The number of rotatable bonds is 10. The Bertz CT molecular complexity index is 2180. The number of amides is 1. The summed E-state index contributed by atoms with van der Waals surface area (Å²) in [5.74, 6) is 1.44. The molecule has 1 amide bonds. The average molecular weight is 790 g/mol. The molecule has 244 valence electrons. The van der Waals surface area contributed by atoms with Gasteiger partial charge in [0.05, 0.1) is 40.0 Å². The Kier molecular flexibility index (Phi) is 10.3. The van der Waals surface area contributed by atoms with Gasteiger partial charge in [0, 0.05) is 10.2 Å². The highest BCUT2D eigenvalue weighted by molar-refractivity contribution is 9.10. The van der Waals surface area contributed by atoms with E-state index in [9.17, 15) is 9.59 Å². The van der Waals surface area contributed by atoms with E-state index in [1.807, 2.05) is 97.9 Å². The maximum atomic E-state index is 14.2. The highest BCUT2D eigenvalue weighted by Crippen LogP contribution is 2.38. The molecule has 0 fully saturated rings. The van der Waals surface area contributed by atoms with Crippen LogP contribution in [-0.4, -0.2) is 24.2 Å². The van der Waals surface area contributed by atoms with Gasteiger partial charge in [0.2, 0.25) is 0 Å². The lowest BCUT2D eigenvalue weighted by molar-refractivity contribution is -0.113. The van der Waals surface area contributed by atoms with Crippen molar-refractivity contribution in [2.75, 3.05) is 19.0 Å². The molecule has 1 aromatic heterocycles. The van der Waals surface area contributed by atoms with Crippen molar-refractivity contribution in [3.63, 3.8) is 0 Å². The molecule has 0 bridgehead atoms. The minimum absolute atomic E-state index is 0.263. The Morgan fingerprint density at radius 1 is 1.00 bits per heavy atom. The van der Waals surface area contributed by atoms with Crippen molar-refractivity contribution in [2.45, 2.75) is 26.5 Å². The van der Waals surface area contributed by atoms with E-state index in [4.69, 9.17) is 19.2 Å². The topological polar surface area (TPSA) is 91.2 Å². The van der Waals surface area contributed by atoms with Crippen LogP contribution in [0, 0.1) is 0 Å². The van der Waals surface area contributed by atoms with Gasteiger partial charge in [0.25, 0.3) is 11.5 Å². The molecule has 0 saturated carbocycles. The lowest BCUT2D eigenvalue weighted by Gasteiger charge is -2.25. The number of hydrogen-bond acceptors (Lipinski definition) is 7. The summed E-state index contributed by atoms with van der Waals surface area (Å²) in [5.41, 5.74) is 3.80. The fourth-order valence-corrected chi connectivity index (χ4v) is 7.30. The van der Waals surface area contributed by atoms with Crippen molar-refractivity contribution in [1.82, 2.24) is 4.57 Å². The summed E-state index contributed by atoms with van der Waals surface area (Å²) in [7, 11) is 1.58. The number of fused-ring (bicyclic) bond motifs is 1. The van der Waals surface area contributed by atoms with E-state index in [-0.39, 0.29) is 11.5 Å². The Morgan fingerprint density at radius 3 is 2.42 bits per heavy atom. The summed E-state index contributed by atoms with van der Waals surface area (Å²) in [4.78, 5) is 33.3. The van der Waals surface area contributed by atoms with Crippen LogP contribution < -0.4 is 34.4 Å². The molecule has 2 heterocycles. The fraction of sp³-hybridized carbons (Fsp3) is 0.162. The van der Waals surface area contributed by atoms with Crippen molar-refractivity contribution in [1.29, 1.82) is 0 Å². The predicted octanol–water partition coefficient (Wildman–Crippen LogP) is 7.39. The van der Waals surface area contributed by atoms with Crippen molar-refractivity contribution in [3.8, 4) is 17.2 Å². The third kappa shape index (κ3) is 7.18. The van der Waals surface area contributed by atoms with Gasteiger partial charge >= 0.3 is 0 Å². The molecule has 6 rings (SSSR count). The lowest BCUT2D eigenvalue weighted by Crippen LogP contribution is -2.40. The molecule has 48 heavy (non-hydrogen) atoms. The number of methoxy groups -OCH3 is 1. The zero-order chi connectivity index (χ0) is 33.8. The second kappa shape index (κ2) is 14.8. The molecule has 1 atom stereocenters. The normalized spacial score (nSPS) is 14.3. The molecule has 0 aliphatic carbocycles. The largest absolute Gasteiger partial charge is 0.494 e. The molecular weight excluding hydrogens is 758 g/mol. The quantitative estimate of drug-likeness (QED) is 0.160. The van der Waals surface area contributed by atoms with Gasteiger partial charge in [-0.15, -0.1) is 0 Å². The molecule has 1 aliphatic rings. The number of allylic oxidation sites excluding steroid dienone is 1. The third-order valence-electron chi connectivity index (χ3n) is 7.65. The number of benzene rings is 4. The molecule has 1 aliphatic heterocycles. The number of thiazole rings is 1. The first-order valence-corrected chi connectivity index (χ1v) is 17.5. The molecule has 0 spiro atoms. The molecule has 11 heteroatoms. The van der Waals surface area contributed by atoms with E-state index in [1.54, 1.807) is 24.7 Å². The van der Waals surface area contributed by atoms with Gasteiger partial charge in [-0.1, -0.05) is 69.7 Å². The van der Waals surface area contributed by atoms with E-state index in [2.05, 4.69) is 37.2 Å². The zero-order valence-electron chi connectivity index (χ0n) is 26.3. The minimum atomic E-state index is -0.710. The van der Waals surface area contributed by atoms with Gasteiger partial charge < -0.3 is 19.5 Å². The predicted molar refractivity (Wildman–Crippen MR) is 196 cm³/mol. The number of para-hydroxylation sites is 1. The Labute approximate surface area is 298 Å². The summed E-state index contributed by atoms with van der Waals surface area (Å²) in [6, 6.07) is 27.6. The van der Waals surface area contributed by atoms with E-state index in [0.29, 0.717) is 61.2 Å². The molecule has 0 unspecified atom stereocenters. The fourth-order valence-electron chi connectivity index (χ4n) is 5.41. The summed E-state index contributed by atoms with van der Waals surface area (Å²) < 4.78 is 21.2. The Hall–Kier alpha value is -4.45. The number of halogens is 2. The summed E-state index contributed by atoms with van der Waals surface area (Å²) in [6.07, 6.45) is 1.80. The molecular formula is C37H31Br2N3O5S. The first-order valence-electron chi connectivity index (χ1n) is 15.1. The monoisotopic (exact) mass is 787 g/mol. The Morgan fingerprint density at radius 2 is 1.73 bits per heavy atom. The van der Waals surface area contributed by atoms with Crippen molar-refractivity contribution in [3.05, 3.63) is 148 Å². The first-order chi connectivity index (χ1) is 23.2. The standard InChI is InChI=1S/C37H31Br2N3O5S/c1-4-46-28-16-12-25(13-17-28)33-32(35(43)41-27-8-6-5-7-9-27)22(2)40-37-42(33)36(44)31(48-37)20-24-18-29(39)34(30(19-24)45-3)47-21-23-10-14-26(38)15-11-23/h5-20,33H,4,21H2,1-3H3,(H,41,43)/b31-20-/t33-/m0/s1. The van der Waals surface area contributed by atoms with Crippen molar-refractivity contribution >= 4 is 60.9 Å². The highest BCUT2D eigenvalue weighted by atomic mass is 79.9. The van der Waals surface area contributed by atoms with Gasteiger partial charge in [0.1, 0.15) is 12.4 Å². The van der Waals surface area contributed by atoms with Crippen LogP contribution in [0.3, 0.4) is 0 Å². The van der Waals surface area contributed by atoms with Gasteiger partial charge in [0.15, 0.2) is 16.3 Å². The Balaban J connectivity index is 1.40. The highest BCUT2D eigenvalue weighted by Gasteiger charge is 2.32. The number of carbonyl (C=O) groups is 1.